The van der Waals surface area contributed by atoms with Crippen LogP contribution in [-0.2, 0) is 4.74 Å². The second kappa shape index (κ2) is 10.8. The second-order valence-electron chi connectivity index (χ2n) is 5.91. The molecule has 6 heteroatoms. The Balaban J connectivity index is 2.09. The second-order valence-corrected chi connectivity index (χ2v) is 5.91. The average Bonchev–Trinajstić information content (AvgIpc) is 2.47. The van der Waals surface area contributed by atoms with Gasteiger partial charge in [0.25, 0.3) is 0 Å². The molecule has 0 aromatic carbocycles. The summed E-state index contributed by atoms with van der Waals surface area (Å²) in [6, 6.07) is 0. The number of hydrogen-bond acceptors (Lipinski definition) is 4. The Bertz CT molecular complexity index is 290. The van der Waals surface area contributed by atoms with Crippen LogP contribution in [0.5, 0.6) is 0 Å². The smallest absolute Gasteiger partial charge is 0.188 e. The minimum atomic E-state index is 0.539. The maximum absolute atomic E-state index is 5.87. The summed E-state index contributed by atoms with van der Waals surface area (Å²) in [6.07, 6.45) is 0.959. The molecule has 1 unspecified atom stereocenters. The molecule has 0 aromatic heterocycles. The molecule has 1 heterocycles. The molecule has 1 rings (SSSR count). The number of nitrogens with zero attached hydrogens (tertiary/aromatic N) is 3. The number of nitrogens with one attached hydrogen (secondary N) is 1. The van der Waals surface area contributed by atoms with Crippen LogP contribution < -0.4 is 11.1 Å². The lowest BCUT2D eigenvalue weighted by atomic mass is 10.1. The van der Waals surface area contributed by atoms with Gasteiger partial charge in [-0.15, -0.1) is 0 Å². The van der Waals surface area contributed by atoms with E-state index in [2.05, 4.69) is 34.1 Å². The molecule has 0 spiro atoms. The lowest BCUT2D eigenvalue weighted by Crippen LogP contribution is -2.46. The normalized spacial score (nSPS) is 19.7. The van der Waals surface area contributed by atoms with E-state index in [0.717, 1.165) is 52.4 Å². The first-order chi connectivity index (χ1) is 10.1. The van der Waals surface area contributed by atoms with E-state index >= 15 is 0 Å². The molecular formula is C15H33N5O. The van der Waals surface area contributed by atoms with E-state index < -0.39 is 0 Å². The molecule has 3 N–H and O–H groups in total. The molecule has 0 saturated carbocycles. The van der Waals surface area contributed by atoms with E-state index in [1.807, 2.05) is 6.92 Å². The van der Waals surface area contributed by atoms with Crippen molar-refractivity contribution in [1.29, 1.82) is 0 Å². The van der Waals surface area contributed by atoms with Gasteiger partial charge in [0.1, 0.15) is 0 Å². The average molecular weight is 299 g/mol. The summed E-state index contributed by atoms with van der Waals surface area (Å²) in [4.78, 5) is 9.33. The minimum Gasteiger partial charge on any atom is -0.382 e. The highest BCUT2D eigenvalue weighted by atomic mass is 16.5. The lowest BCUT2D eigenvalue weighted by Gasteiger charge is -2.33. The van der Waals surface area contributed by atoms with Crippen molar-refractivity contribution < 1.29 is 4.74 Å². The summed E-state index contributed by atoms with van der Waals surface area (Å²) < 4.78 is 5.28. The fourth-order valence-electron chi connectivity index (χ4n) is 2.37. The van der Waals surface area contributed by atoms with Crippen molar-refractivity contribution in [3.63, 3.8) is 0 Å². The number of piperazine rings is 1. The summed E-state index contributed by atoms with van der Waals surface area (Å²) >= 11 is 0. The Morgan fingerprint density at radius 1 is 1.33 bits per heavy atom. The van der Waals surface area contributed by atoms with Gasteiger partial charge in [0.2, 0.25) is 0 Å². The summed E-state index contributed by atoms with van der Waals surface area (Å²) in [7, 11) is 2.18. The van der Waals surface area contributed by atoms with Crippen LogP contribution in [0.25, 0.3) is 0 Å². The number of aliphatic imine (C=N–C) groups is 1. The van der Waals surface area contributed by atoms with Gasteiger partial charge in [-0.05, 0) is 26.3 Å². The zero-order chi connectivity index (χ0) is 15.5. The largest absolute Gasteiger partial charge is 0.382 e. The molecule has 1 aliphatic heterocycles. The molecule has 0 amide bonds. The molecule has 1 fully saturated rings. The third kappa shape index (κ3) is 8.90. The summed E-state index contributed by atoms with van der Waals surface area (Å²) in [6.45, 7) is 13.2. The molecule has 0 aliphatic carbocycles. The summed E-state index contributed by atoms with van der Waals surface area (Å²) in [5.74, 6) is 1.09. The number of rotatable bonds is 9. The molecule has 0 aromatic rings. The van der Waals surface area contributed by atoms with Crippen LogP contribution in [0.2, 0.25) is 0 Å². The van der Waals surface area contributed by atoms with Gasteiger partial charge in [-0.3, -0.25) is 4.99 Å². The molecular weight excluding hydrogens is 266 g/mol. The van der Waals surface area contributed by atoms with Gasteiger partial charge in [-0.1, -0.05) is 6.92 Å². The first-order valence-electron chi connectivity index (χ1n) is 8.14. The van der Waals surface area contributed by atoms with E-state index in [1.165, 1.54) is 13.1 Å². The third-order valence-electron chi connectivity index (χ3n) is 3.71. The lowest BCUT2D eigenvalue weighted by molar-refractivity contribution is 0.140. The zero-order valence-corrected chi connectivity index (χ0v) is 14.0. The first kappa shape index (κ1) is 18.2. The van der Waals surface area contributed by atoms with E-state index in [-0.39, 0.29) is 0 Å². The van der Waals surface area contributed by atoms with E-state index in [4.69, 9.17) is 10.5 Å². The van der Waals surface area contributed by atoms with Crippen LogP contribution in [0.3, 0.4) is 0 Å². The van der Waals surface area contributed by atoms with Crippen LogP contribution >= 0.6 is 0 Å². The van der Waals surface area contributed by atoms with Gasteiger partial charge in [0.05, 0.1) is 0 Å². The van der Waals surface area contributed by atoms with Crippen LogP contribution in [0.15, 0.2) is 4.99 Å². The van der Waals surface area contributed by atoms with E-state index in [9.17, 15) is 0 Å². The molecule has 1 atom stereocenters. The van der Waals surface area contributed by atoms with Crippen LogP contribution in [-0.4, -0.2) is 81.8 Å². The number of ether oxygens (including phenoxy) is 1. The number of guanidine groups is 1. The van der Waals surface area contributed by atoms with Crippen molar-refractivity contribution in [1.82, 2.24) is 15.1 Å². The van der Waals surface area contributed by atoms with Crippen LogP contribution in [0, 0.1) is 5.92 Å². The van der Waals surface area contributed by atoms with Crippen molar-refractivity contribution in [2.24, 2.45) is 16.6 Å². The topological polar surface area (TPSA) is 66.1 Å². The summed E-state index contributed by atoms with van der Waals surface area (Å²) in [5, 5.41) is 3.13. The molecule has 0 bridgehead atoms. The number of likely N-dealkylation sites (N-methyl/N-ethyl adjacent to an activating group) is 1. The third-order valence-corrected chi connectivity index (χ3v) is 3.71. The predicted octanol–water partition coefficient (Wildman–Crippen LogP) is 0.201. The Kier molecular flexibility index (Phi) is 9.37. The van der Waals surface area contributed by atoms with Crippen molar-refractivity contribution in [2.45, 2.75) is 20.3 Å². The van der Waals surface area contributed by atoms with Gasteiger partial charge in [0.15, 0.2) is 5.96 Å². The van der Waals surface area contributed by atoms with Crippen molar-refractivity contribution in [3.05, 3.63) is 0 Å². The molecule has 6 nitrogen and oxygen atoms in total. The zero-order valence-electron chi connectivity index (χ0n) is 14.0. The fraction of sp³-hybridized carbons (Fsp3) is 0.933. The Morgan fingerprint density at radius 3 is 2.71 bits per heavy atom. The Hall–Kier alpha value is -0.850. The summed E-state index contributed by atoms with van der Waals surface area (Å²) in [5.41, 5.74) is 5.87. The molecule has 1 aliphatic rings. The standard InChI is InChI=1S/C15H33N5O/c1-4-21-11-5-6-17-15(16)18-12-14(2)13-20-9-7-19(3)8-10-20/h14H,4-13H2,1-3H3,(H3,16,17,18). The quantitative estimate of drug-likeness (QED) is 0.362. The van der Waals surface area contributed by atoms with Crippen LogP contribution in [0.4, 0.5) is 0 Å². The Labute approximate surface area is 129 Å². The highest BCUT2D eigenvalue weighted by Crippen LogP contribution is 2.04. The van der Waals surface area contributed by atoms with Gasteiger partial charge in [-0.25, -0.2) is 0 Å². The number of nitrogens with two attached hydrogens (primary N) is 1. The van der Waals surface area contributed by atoms with Crippen LogP contribution in [0.1, 0.15) is 20.3 Å². The van der Waals surface area contributed by atoms with Crippen molar-refractivity contribution >= 4 is 5.96 Å². The van der Waals surface area contributed by atoms with Gasteiger partial charge < -0.3 is 25.6 Å². The molecule has 1 saturated heterocycles. The monoisotopic (exact) mass is 299 g/mol. The SMILES string of the molecule is CCOCCCNC(N)=NCC(C)CN1CCN(C)CC1. The maximum atomic E-state index is 5.87. The Morgan fingerprint density at radius 2 is 2.05 bits per heavy atom. The van der Waals surface area contributed by atoms with Gasteiger partial charge in [0, 0.05) is 59.0 Å². The molecule has 21 heavy (non-hydrogen) atoms. The van der Waals surface area contributed by atoms with E-state index in [0.29, 0.717) is 11.9 Å². The van der Waals surface area contributed by atoms with Crippen molar-refractivity contribution in [3.8, 4) is 0 Å². The molecule has 0 radical (unpaired) electrons. The van der Waals surface area contributed by atoms with Gasteiger partial charge in [-0.2, -0.15) is 0 Å². The highest BCUT2D eigenvalue weighted by Gasteiger charge is 2.15. The highest BCUT2D eigenvalue weighted by molar-refractivity contribution is 5.77. The minimum absolute atomic E-state index is 0.539. The van der Waals surface area contributed by atoms with Crippen molar-refractivity contribution in [2.75, 3.05) is 66.1 Å². The van der Waals surface area contributed by atoms with Gasteiger partial charge >= 0.3 is 0 Å². The maximum Gasteiger partial charge on any atom is 0.188 e. The first-order valence-corrected chi connectivity index (χ1v) is 8.14. The number of hydrogen-bond donors (Lipinski definition) is 2. The van der Waals surface area contributed by atoms with E-state index in [1.54, 1.807) is 0 Å². The fourth-order valence-corrected chi connectivity index (χ4v) is 2.37. The predicted molar refractivity (Wildman–Crippen MR) is 88.7 cm³/mol. The molecule has 124 valence electrons.